The molecule has 26 heavy (non-hydrogen) atoms. The quantitative estimate of drug-likeness (QED) is 0.807. The number of benzene rings is 2. The van der Waals surface area contributed by atoms with Crippen LogP contribution in [0.1, 0.15) is 33.2 Å². The van der Waals surface area contributed by atoms with Gasteiger partial charge in [0.2, 0.25) is 5.91 Å². The molecule has 0 unspecified atom stereocenters. The number of imide groups is 1. The van der Waals surface area contributed by atoms with Gasteiger partial charge >= 0.3 is 0 Å². The predicted octanol–water partition coefficient (Wildman–Crippen LogP) is 3.43. The second-order valence-electron chi connectivity index (χ2n) is 5.81. The fourth-order valence-electron chi connectivity index (χ4n) is 2.66. The Kier molecular flexibility index (Phi) is 4.98. The maximum Gasteiger partial charge on any atom is 0.262 e. The van der Waals surface area contributed by atoms with Crippen molar-refractivity contribution < 1.29 is 18.8 Å². The molecule has 134 valence electrons. The molecule has 1 N–H and O–H groups in total. The van der Waals surface area contributed by atoms with E-state index in [1.807, 2.05) is 0 Å². The molecule has 0 aliphatic carbocycles. The van der Waals surface area contributed by atoms with E-state index < -0.39 is 23.8 Å². The Hall–Kier alpha value is -2.44. The molecule has 2 aromatic carbocycles. The van der Waals surface area contributed by atoms with Crippen molar-refractivity contribution in [2.45, 2.75) is 19.5 Å². The van der Waals surface area contributed by atoms with Gasteiger partial charge in [-0.1, -0.05) is 35.3 Å². The van der Waals surface area contributed by atoms with Crippen molar-refractivity contribution in [1.29, 1.82) is 0 Å². The number of carbonyl (C=O) groups is 3. The number of carbonyl (C=O) groups excluding carboxylic acids is 3. The van der Waals surface area contributed by atoms with Gasteiger partial charge in [0.25, 0.3) is 11.8 Å². The van der Waals surface area contributed by atoms with Crippen molar-refractivity contribution in [1.82, 2.24) is 10.2 Å². The number of nitrogens with zero attached hydrogens (tertiary/aromatic N) is 1. The van der Waals surface area contributed by atoms with Gasteiger partial charge in [0.1, 0.15) is 11.9 Å². The van der Waals surface area contributed by atoms with Crippen molar-refractivity contribution in [2.24, 2.45) is 0 Å². The summed E-state index contributed by atoms with van der Waals surface area (Å²) in [6.07, 6.45) is 0. The zero-order valence-electron chi connectivity index (χ0n) is 13.6. The lowest BCUT2D eigenvalue weighted by Crippen LogP contribution is -2.47. The number of amides is 3. The lowest BCUT2D eigenvalue weighted by atomic mass is 10.1. The summed E-state index contributed by atoms with van der Waals surface area (Å²) >= 11 is 11.8. The molecule has 0 fully saturated rings. The number of halogens is 3. The lowest BCUT2D eigenvalue weighted by Gasteiger charge is -2.21. The van der Waals surface area contributed by atoms with E-state index in [2.05, 4.69) is 5.32 Å². The molecule has 1 aliphatic heterocycles. The molecule has 5 nitrogen and oxygen atoms in total. The van der Waals surface area contributed by atoms with Crippen molar-refractivity contribution in [3.8, 4) is 0 Å². The largest absolute Gasteiger partial charge is 0.350 e. The summed E-state index contributed by atoms with van der Waals surface area (Å²) in [6.45, 7) is 1.59. The van der Waals surface area contributed by atoms with Crippen molar-refractivity contribution >= 4 is 40.9 Å². The summed E-state index contributed by atoms with van der Waals surface area (Å²) in [5.74, 6) is -2.10. The van der Waals surface area contributed by atoms with Crippen LogP contribution in [-0.2, 0) is 11.3 Å². The smallest absolute Gasteiger partial charge is 0.262 e. The van der Waals surface area contributed by atoms with Gasteiger partial charge in [0.15, 0.2) is 0 Å². The molecule has 8 heteroatoms. The standard InChI is InChI=1S/C18H13Cl2FN2O3/c1-9(16(24)22-8-10-2-4-11(21)5-3-10)23-17(25)12-6-14(19)15(20)7-13(12)18(23)26/h2-7,9H,8H2,1H3,(H,22,24)/t9-/m0/s1. The third-order valence-corrected chi connectivity index (χ3v) is 4.83. The molecule has 1 heterocycles. The van der Waals surface area contributed by atoms with Gasteiger partial charge in [-0.3, -0.25) is 19.3 Å². The first-order valence-electron chi connectivity index (χ1n) is 7.68. The van der Waals surface area contributed by atoms with E-state index in [1.165, 1.54) is 43.3 Å². The minimum Gasteiger partial charge on any atom is -0.350 e. The van der Waals surface area contributed by atoms with Crippen LogP contribution in [0, 0.1) is 5.82 Å². The topological polar surface area (TPSA) is 66.5 Å². The highest BCUT2D eigenvalue weighted by atomic mass is 35.5. The summed E-state index contributed by atoms with van der Waals surface area (Å²) in [5, 5.41) is 2.94. The van der Waals surface area contributed by atoms with Crippen LogP contribution in [0.3, 0.4) is 0 Å². The SMILES string of the molecule is C[C@@H](C(=O)NCc1ccc(F)cc1)N1C(=O)c2cc(Cl)c(Cl)cc2C1=O. The van der Waals surface area contributed by atoms with Gasteiger partial charge < -0.3 is 5.32 Å². The number of hydrogen-bond donors (Lipinski definition) is 1. The average molecular weight is 395 g/mol. The second kappa shape index (κ2) is 7.05. The van der Waals surface area contributed by atoms with Crippen LogP contribution in [0.15, 0.2) is 36.4 Å². The van der Waals surface area contributed by atoms with Crippen molar-refractivity contribution in [2.75, 3.05) is 0 Å². The van der Waals surface area contributed by atoms with E-state index in [0.29, 0.717) is 5.56 Å². The Labute approximate surface area is 158 Å². The number of rotatable bonds is 4. The Balaban J connectivity index is 1.74. The van der Waals surface area contributed by atoms with E-state index in [-0.39, 0.29) is 33.5 Å². The molecule has 0 radical (unpaired) electrons. The zero-order chi connectivity index (χ0) is 19.0. The van der Waals surface area contributed by atoms with Gasteiger partial charge in [-0.15, -0.1) is 0 Å². The highest BCUT2D eigenvalue weighted by molar-refractivity contribution is 6.43. The maximum atomic E-state index is 12.9. The lowest BCUT2D eigenvalue weighted by molar-refractivity contribution is -0.124. The van der Waals surface area contributed by atoms with Crippen molar-refractivity contribution in [3.05, 3.63) is 69.0 Å². The fourth-order valence-corrected chi connectivity index (χ4v) is 2.99. The first-order chi connectivity index (χ1) is 12.3. The normalized spacial score (nSPS) is 14.4. The van der Waals surface area contributed by atoms with Crippen LogP contribution in [0.25, 0.3) is 0 Å². The molecule has 3 rings (SSSR count). The molecule has 0 saturated heterocycles. The van der Waals surface area contributed by atoms with E-state index in [9.17, 15) is 18.8 Å². The van der Waals surface area contributed by atoms with Gasteiger partial charge in [0, 0.05) is 6.54 Å². The summed E-state index contributed by atoms with van der Waals surface area (Å²) in [5.41, 5.74) is 0.915. The Morgan fingerprint density at radius 3 is 2.08 bits per heavy atom. The van der Waals surface area contributed by atoms with Gasteiger partial charge in [0.05, 0.1) is 21.2 Å². The molecule has 1 atom stereocenters. The minimum absolute atomic E-state index is 0.114. The third kappa shape index (κ3) is 3.30. The predicted molar refractivity (Wildman–Crippen MR) is 94.7 cm³/mol. The first kappa shape index (κ1) is 18.4. The van der Waals surface area contributed by atoms with Crippen LogP contribution in [0.4, 0.5) is 4.39 Å². The fraction of sp³-hybridized carbons (Fsp3) is 0.167. The van der Waals surface area contributed by atoms with Crippen LogP contribution >= 0.6 is 23.2 Å². The van der Waals surface area contributed by atoms with Gasteiger partial charge in [-0.25, -0.2) is 4.39 Å². The molecular formula is C18H13Cl2FN2O3. The Morgan fingerprint density at radius 2 is 1.58 bits per heavy atom. The second-order valence-corrected chi connectivity index (χ2v) is 6.63. The van der Waals surface area contributed by atoms with Gasteiger partial charge in [-0.05, 0) is 36.8 Å². The molecule has 0 bridgehead atoms. The highest BCUT2D eigenvalue weighted by Gasteiger charge is 2.41. The molecule has 2 aromatic rings. The molecule has 0 saturated carbocycles. The van der Waals surface area contributed by atoms with Crippen molar-refractivity contribution in [3.63, 3.8) is 0 Å². The van der Waals surface area contributed by atoms with E-state index in [4.69, 9.17) is 23.2 Å². The zero-order valence-corrected chi connectivity index (χ0v) is 15.1. The van der Waals surface area contributed by atoms with E-state index in [0.717, 1.165) is 4.90 Å². The average Bonchev–Trinajstić information content (AvgIpc) is 2.84. The van der Waals surface area contributed by atoms with E-state index >= 15 is 0 Å². The molecule has 3 amide bonds. The Morgan fingerprint density at radius 1 is 1.08 bits per heavy atom. The number of hydrogen-bond acceptors (Lipinski definition) is 3. The third-order valence-electron chi connectivity index (χ3n) is 4.11. The minimum atomic E-state index is -1.03. The molecular weight excluding hydrogens is 382 g/mol. The van der Waals surface area contributed by atoms with E-state index in [1.54, 1.807) is 0 Å². The first-order valence-corrected chi connectivity index (χ1v) is 8.44. The molecule has 1 aliphatic rings. The molecule has 0 spiro atoms. The summed E-state index contributed by atoms with van der Waals surface area (Å²) in [6, 6.07) is 7.25. The summed E-state index contributed by atoms with van der Waals surface area (Å²) < 4.78 is 12.9. The number of fused-ring (bicyclic) bond motifs is 1. The summed E-state index contributed by atoms with van der Waals surface area (Å²) in [4.78, 5) is 38.3. The Bertz CT molecular complexity index is 874. The van der Waals surface area contributed by atoms with Crippen LogP contribution in [-0.4, -0.2) is 28.7 Å². The van der Waals surface area contributed by atoms with Gasteiger partial charge in [-0.2, -0.15) is 0 Å². The van der Waals surface area contributed by atoms with Crippen LogP contribution in [0.2, 0.25) is 10.0 Å². The maximum absolute atomic E-state index is 12.9. The monoisotopic (exact) mass is 394 g/mol. The summed E-state index contributed by atoms with van der Waals surface area (Å²) in [7, 11) is 0. The van der Waals surface area contributed by atoms with Crippen LogP contribution in [0.5, 0.6) is 0 Å². The van der Waals surface area contributed by atoms with Crippen LogP contribution < -0.4 is 5.32 Å². The molecule has 0 aromatic heterocycles. The highest BCUT2D eigenvalue weighted by Crippen LogP contribution is 2.32. The number of nitrogens with one attached hydrogen (secondary N) is 1.